The molecule has 0 spiro atoms. The Bertz CT molecular complexity index is 562. The minimum absolute atomic E-state index is 0.0950. The Balaban J connectivity index is 2.49. The predicted octanol–water partition coefficient (Wildman–Crippen LogP) is 0.945. The number of anilines is 1. The second-order valence-electron chi connectivity index (χ2n) is 3.51. The van der Waals surface area contributed by atoms with Crippen molar-refractivity contribution in [2.24, 2.45) is 0 Å². The van der Waals surface area contributed by atoms with Crippen molar-refractivity contribution in [3.8, 4) is 5.82 Å². The lowest BCUT2D eigenvalue weighted by Crippen LogP contribution is -2.07. The summed E-state index contributed by atoms with van der Waals surface area (Å²) in [6, 6.07) is 3.73. The quantitative estimate of drug-likeness (QED) is 0.779. The molecule has 2 aromatic rings. The lowest BCUT2D eigenvalue weighted by Gasteiger charge is -2.02. The third kappa shape index (κ3) is 1.96. The predicted molar refractivity (Wildman–Crippen MR) is 61.8 cm³/mol. The molecule has 0 aromatic carbocycles. The second kappa shape index (κ2) is 4.25. The standard InChI is InChI=1S/C11H12N4O2/c1-7-4-3-5-13-10(7)15-6-8(12)9(14-15)11(16)17-2/h3-6H,12H2,1-2H3. The highest BCUT2D eigenvalue weighted by molar-refractivity contribution is 5.92. The van der Waals surface area contributed by atoms with Gasteiger partial charge in [-0.1, -0.05) is 6.07 Å². The van der Waals surface area contributed by atoms with Crippen molar-refractivity contribution in [1.29, 1.82) is 0 Å². The molecule has 0 aliphatic rings. The van der Waals surface area contributed by atoms with Crippen molar-refractivity contribution < 1.29 is 9.53 Å². The van der Waals surface area contributed by atoms with E-state index in [1.807, 2.05) is 19.1 Å². The lowest BCUT2D eigenvalue weighted by molar-refractivity contribution is 0.0594. The van der Waals surface area contributed by atoms with Crippen molar-refractivity contribution in [3.63, 3.8) is 0 Å². The summed E-state index contributed by atoms with van der Waals surface area (Å²) in [5, 5.41) is 4.07. The van der Waals surface area contributed by atoms with Gasteiger partial charge in [0.05, 0.1) is 19.0 Å². The Kier molecular flexibility index (Phi) is 2.78. The van der Waals surface area contributed by atoms with E-state index in [1.54, 1.807) is 12.4 Å². The number of nitrogen functional groups attached to an aromatic ring is 1. The van der Waals surface area contributed by atoms with E-state index in [4.69, 9.17) is 5.73 Å². The molecule has 0 unspecified atom stereocenters. The molecule has 0 aliphatic heterocycles. The van der Waals surface area contributed by atoms with Crippen molar-refractivity contribution in [3.05, 3.63) is 35.8 Å². The third-order valence-electron chi connectivity index (χ3n) is 2.32. The molecule has 0 saturated carbocycles. The van der Waals surface area contributed by atoms with Gasteiger partial charge in [-0.05, 0) is 18.6 Å². The van der Waals surface area contributed by atoms with Gasteiger partial charge in [-0.25, -0.2) is 14.5 Å². The van der Waals surface area contributed by atoms with Crippen LogP contribution in [-0.4, -0.2) is 27.8 Å². The molecule has 6 heteroatoms. The Morgan fingerprint density at radius 1 is 1.53 bits per heavy atom. The first-order valence-corrected chi connectivity index (χ1v) is 4.99. The van der Waals surface area contributed by atoms with Crippen LogP contribution in [0.3, 0.4) is 0 Å². The minimum Gasteiger partial charge on any atom is -0.464 e. The molecule has 2 heterocycles. The number of rotatable bonds is 2. The number of aromatic nitrogens is 3. The van der Waals surface area contributed by atoms with Crippen LogP contribution in [0.5, 0.6) is 0 Å². The summed E-state index contributed by atoms with van der Waals surface area (Å²) in [5.41, 5.74) is 6.99. The summed E-state index contributed by atoms with van der Waals surface area (Å²) < 4.78 is 6.05. The number of nitrogens with two attached hydrogens (primary N) is 1. The molecular formula is C11H12N4O2. The normalized spacial score (nSPS) is 10.2. The third-order valence-corrected chi connectivity index (χ3v) is 2.32. The van der Waals surface area contributed by atoms with E-state index in [2.05, 4.69) is 14.8 Å². The maximum absolute atomic E-state index is 11.4. The van der Waals surface area contributed by atoms with Gasteiger partial charge in [0, 0.05) is 6.20 Å². The SMILES string of the molecule is COC(=O)c1nn(-c2ncccc2C)cc1N. The van der Waals surface area contributed by atoms with Crippen LogP contribution < -0.4 is 5.73 Å². The summed E-state index contributed by atoms with van der Waals surface area (Å²) in [4.78, 5) is 15.5. The molecule has 0 saturated heterocycles. The van der Waals surface area contributed by atoms with Gasteiger partial charge in [0.15, 0.2) is 11.5 Å². The highest BCUT2D eigenvalue weighted by atomic mass is 16.5. The van der Waals surface area contributed by atoms with Crippen LogP contribution in [0.2, 0.25) is 0 Å². The molecule has 0 bridgehead atoms. The van der Waals surface area contributed by atoms with E-state index in [-0.39, 0.29) is 11.4 Å². The maximum Gasteiger partial charge on any atom is 0.360 e. The van der Waals surface area contributed by atoms with E-state index >= 15 is 0 Å². The molecule has 2 N–H and O–H groups in total. The molecular weight excluding hydrogens is 220 g/mol. The molecule has 0 radical (unpaired) electrons. The molecule has 2 rings (SSSR count). The molecule has 0 aliphatic carbocycles. The van der Waals surface area contributed by atoms with Gasteiger partial charge in [-0.3, -0.25) is 0 Å². The Morgan fingerprint density at radius 2 is 2.29 bits per heavy atom. The van der Waals surface area contributed by atoms with Crippen molar-refractivity contribution >= 4 is 11.7 Å². The summed E-state index contributed by atoms with van der Waals surface area (Å²) in [6.45, 7) is 1.90. The fourth-order valence-corrected chi connectivity index (χ4v) is 1.47. The number of carbonyl (C=O) groups is 1. The molecule has 6 nitrogen and oxygen atoms in total. The van der Waals surface area contributed by atoms with Gasteiger partial charge in [-0.15, -0.1) is 0 Å². The second-order valence-corrected chi connectivity index (χ2v) is 3.51. The number of pyridine rings is 1. The fraction of sp³-hybridized carbons (Fsp3) is 0.182. The smallest absolute Gasteiger partial charge is 0.360 e. The van der Waals surface area contributed by atoms with Crippen LogP contribution in [-0.2, 0) is 4.74 Å². The Labute approximate surface area is 98.0 Å². The highest BCUT2D eigenvalue weighted by Gasteiger charge is 2.16. The topological polar surface area (TPSA) is 83.0 Å². The first kappa shape index (κ1) is 11.1. The first-order chi connectivity index (χ1) is 8.13. The minimum atomic E-state index is -0.560. The molecule has 0 fully saturated rings. The summed E-state index contributed by atoms with van der Waals surface area (Å²) >= 11 is 0. The molecule has 0 atom stereocenters. The number of methoxy groups -OCH3 is 1. The van der Waals surface area contributed by atoms with Crippen LogP contribution in [0.1, 0.15) is 16.1 Å². The number of aryl methyl sites for hydroxylation is 1. The molecule has 17 heavy (non-hydrogen) atoms. The number of ether oxygens (including phenoxy) is 1. The molecule has 2 aromatic heterocycles. The van der Waals surface area contributed by atoms with Crippen LogP contribution in [0.15, 0.2) is 24.5 Å². The Hall–Kier alpha value is -2.37. The van der Waals surface area contributed by atoms with Crippen molar-refractivity contribution in [1.82, 2.24) is 14.8 Å². The van der Waals surface area contributed by atoms with Gasteiger partial charge < -0.3 is 10.5 Å². The number of esters is 1. The number of carbonyl (C=O) groups excluding carboxylic acids is 1. The number of hydrogen-bond donors (Lipinski definition) is 1. The van der Waals surface area contributed by atoms with Crippen LogP contribution >= 0.6 is 0 Å². The van der Waals surface area contributed by atoms with Crippen LogP contribution in [0, 0.1) is 6.92 Å². The van der Waals surface area contributed by atoms with E-state index in [0.717, 1.165) is 5.56 Å². The zero-order chi connectivity index (χ0) is 12.4. The first-order valence-electron chi connectivity index (χ1n) is 4.99. The summed E-state index contributed by atoms with van der Waals surface area (Å²) in [5.74, 6) is 0.0733. The number of nitrogens with zero attached hydrogens (tertiary/aromatic N) is 3. The maximum atomic E-state index is 11.4. The van der Waals surface area contributed by atoms with Gasteiger partial charge in [0.2, 0.25) is 0 Å². The van der Waals surface area contributed by atoms with Gasteiger partial charge in [-0.2, -0.15) is 5.10 Å². The van der Waals surface area contributed by atoms with E-state index in [1.165, 1.54) is 11.8 Å². The monoisotopic (exact) mass is 232 g/mol. The van der Waals surface area contributed by atoms with E-state index in [9.17, 15) is 4.79 Å². The van der Waals surface area contributed by atoms with Crippen LogP contribution in [0.25, 0.3) is 5.82 Å². The van der Waals surface area contributed by atoms with Gasteiger partial charge in [0.1, 0.15) is 0 Å². The van der Waals surface area contributed by atoms with Gasteiger partial charge in [0.25, 0.3) is 0 Å². The summed E-state index contributed by atoms with van der Waals surface area (Å²) in [7, 11) is 1.28. The van der Waals surface area contributed by atoms with Crippen LogP contribution in [0.4, 0.5) is 5.69 Å². The molecule has 88 valence electrons. The number of hydrogen-bond acceptors (Lipinski definition) is 5. The largest absolute Gasteiger partial charge is 0.464 e. The van der Waals surface area contributed by atoms with Gasteiger partial charge >= 0.3 is 5.97 Å². The molecule has 0 amide bonds. The summed E-state index contributed by atoms with van der Waals surface area (Å²) in [6.07, 6.45) is 3.19. The average molecular weight is 232 g/mol. The zero-order valence-electron chi connectivity index (χ0n) is 9.54. The fourth-order valence-electron chi connectivity index (χ4n) is 1.47. The average Bonchev–Trinajstić information content (AvgIpc) is 2.71. The van der Waals surface area contributed by atoms with E-state index < -0.39 is 5.97 Å². The van der Waals surface area contributed by atoms with Crippen molar-refractivity contribution in [2.45, 2.75) is 6.92 Å². The van der Waals surface area contributed by atoms with Crippen molar-refractivity contribution in [2.75, 3.05) is 12.8 Å². The zero-order valence-corrected chi connectivity index (χ0v) is 9.54. The highest BCUT2D eigenvalue weighted by Crippen LogP contribution is 2.15. The Morgan fingerprint density at radius 3 is 2.94 bits per heavy atom. The van der Waals surface area contributed by atoms with E-state index in [0.29, 0.717) is 5.82 Å². The lowest BCUT2D eigenvalue weighted by atomic mass is 10.3.